The number of nitrogens with zero attached hydrogens (tertiary/aromatic N) is 1. The maximum atomic E-state index is 12.6. The van der Waals surface area contributed by atoms with Crippen molar-refractivity contribution in [2.45, 2.75) is 46.0 Å². The average molecular weight is 295 g/mol. The van der Waals surface area contributed by atoms with E-state index in [0.717, 1.165) is 43.5 Å². The number of amides is 1. The summed E-state index contributed by atoms with van der Waals surface area (Å²) in [5, 5.41) is 9.28. The van der Waals surface area contributed by atoms with Crippen LogP contribution in [0.4, 0.5) is 0 Å². The second-order valence-electron chi connectivity index (χ2n) is 5.60. The van der Waals surface area contributed by atoms with E-state index in [0.29, 0.717) is 6.54 Å². The monoisotopic (exact) mass is 295 g/mol. The molecule has 0 bridgehead atoms. The summed E-state index contributed by atoms with van der Waals surface area (Å²) in [6.45, 7) is 6.06. The van der Waals surface area contributed by atoms with E-state index in [9.17, 15) is 9.90 Å². The molecule has 1 aliphatic heterocycles. The fourth-order valence-electron chi connectivity index (χ4n) is 2.86. The topological polar surface area (TPSA) is 40.5 Å². The fraction of sp³-hybridized carbons (Fsp3) is 0.688. The van der Waals surface area contributed by atoms with E-state index in [2.05, 4.69) is 19.9 Å². The number of aliphatic hydroxyl groups is 1. The lowest BCUT2D eigenvalue weighted by molar-refractivity contribution is 0.0625. The van der Waals surface area contributed by atoms with E-state index in [1.54, 1.807) is 11.3 Å². The highest BCUT2D eigenvalue weighted by molar-refractivity contribution is 7.14. The summed E-state index contributed by atoms with van der Waals surface area (Å²) in [5.41, 5.74) is 1.33. The summed E-state index contributed by atoms with van der Waals surface area (Å²) in [7, 11) is 0. The highest BCUT2D eigenvalue weighted by atomic mass is 32.1. The van der Waals surface area contributed by atoms with Gasteiger partial charge in [0.15, 0.2) is 0 Å². The Balaban J connectivity index is 2.12. The normalized spacial score (nSPS) is 19.4. The minimum absolute atomic E-state index is 0.158. The van der Waals surface area contributed by atoms with Gasteiger partial charge in [0.25, 0.3) is 5.91 Å². The van der Waals surface area contributed by atoms with Crippen LogP contribution in [0.3, 0.4) is 0 Å². The largest absolute Gasteiger partial charge is 0.396 e. The quantitative estimate of drug-likeness (QED) is 0.906. The summed E-state index contributed by atoms with van der Waals surface area (Å²) < 4.78 is 0. The first-order chi connectivity index (χ1) is 9.69. The predicted octanol–water partition coefficient (Wildman–Crippen LogP) is 3.11. The lowest BCUT2D eigenvalue weighted by Gasteiger charge is -2.31. The second-order valence-corrected chi connectivity index (χ2v) is 6.74. The number of aryl methyl sites for hydroxylation is 2. The Morgan fingerprint density at radius 2 is 2.30 bits per heavy atom. The number of carbonyl (C=O) groups excluding carboxylic acids is 1. The molecular weight excluding hydrogens is 270 g/mol. The lowest BCUT2D eigenvalue weighted by atomic mass is 9.99. The summed E-state index contributed by atoms with van der Waals surface area (Å²) >= 11 is 1.67. The molecule has 4 heteroatoms. The van der Waals surface area contributed by atoms with E-state index in [4.69, 9.17) is 0 Å². The van der Waals surface area contributed by atoms with E-state index in [1.807, 2.05) is 4.90 Å². The molecule has 1 unspecified atom stereocenters. The SMILES string of the molecule is CCCc1sc(C(=O)N2CCCC(CO)C2)cc1CC. The van der Waals surface area contributed by atoms with Gasteiger partial charge in [0.2, 0.25) is 0 Å². The van der Waals surface area contributed by atoms with Crippen LogP contribution >= 0.6 is 11.3 Å². The molecule has 0 aromatic carbocycles. The Labute approximate surface area is 125 Å². The van der Waals surface area contributed by atoms with Crippen LogP contribution in [0.25, 0.3) is 0 Å². The van der Waals surface area contributed by atoms with Crippen molar-refractivity contribution >= 4 is 17.2 Å². The Kier molecular flexibility index (Phi) is 5.61. The van der Waals surface area contributed by atoms with Gasteiger partial charge in [0.1, 0.15) is 0 Å². The van der Waals surface area contributed by atoms with Gasteiger partial charge >= 0.3 is 0 Å². The van der Waals surface area contributed by atoms with Crippen molar-refractivity contribution in [2.24, 2.45) is 5.92 Å². The van der Waals surface area contributed by atoms with Crippen molar-refractivity contribution in [2.75, 3.05) is 19.7 Å². The zero-order chi connectivity index (χ0) is 14.5. The molecule has 20 heavy (non-hydrogen) atoms. The molecule has 1 atom stereocenters. The number of piperidine rings is 1. The van der Waals surface area contributed by atoms with Crippen molar-refractivity contribution in [3.05, 3.63) is 21.4 Å². The van der Waals surface area contributed by atoms with Crippen molar-refractivity contribution in [1.29, 1.82) is 0 Å². The van der Waals surface area contributed by atoms with E-state index < -0.39 is 0 Å². The number of hydrogen-bond donors (Lipinski definition) is 1. The van der Waals surface area contributed by atoms with Gasteiger partial charge in [-0.25, -0.2) is 0 Å². The van der Waals surface area contributed by atoms with Gasteiger partial charge < -0.3 is 10.0 Å². The molecule has 0 saturated carbocycles. The molecule has 1 fully saturated rings. The van der Waals surface area contributed by atoms with Crippen molar-refractivity contribution in [3.63, 3.8) is 0 Å². The first-order valence-electron chi connectivity index (χ1n) is 7.71. The fourth-order valence-corrected chi connectivity index (χ4v) is 4.19. The van der Waals surface area contributed by atoms with Gasteiger partial charge in [-0.2, -0.15) is 0 Å². The Hall–Kier alpha value is -0.870. The molecule has 1 aliphatic rings. The lowest BCUT2D eigenvalue weighted by Crippen LogP contribution is -2.40. The number of rotatable bonds is 5. The zero-order valence-electron chi connectivity index (χ0n) is 12.5. The number of carbonyl (C=O) groups is 1. The highest BCUT2D eigenvalue weighted by Gasteiger charge is 2.25. The van der Waals surface area contributed by atoms with Crippen LogP contribution in [0.2, 0.25) is 0 Å². The van der Waals surface area contributed by atoms with Crippen LogP contribution in [0, 0.1) is 5.92 Å². The molecule has 2 rings (SSSR count). The third-order valence-corrected chi connectivity index (χ3v) is 5.25. The van der Waals surface area contributed by atoms with Crippen LogP contribution in [-0.2, 0) is 12.8 Å². The van der Waals surface area contributed by atoms with Gasteiger partial charge in [-0.05, 0) is 43.2 Å². The molecule has 1 N–H and O–H groups in total. The maximum Gasteiger partial charge on any atom is 0.263 e. The molecule has 3 nitrogen and oxygen atoms in total. The van der Waals surface area contributed by atoms with Gasteiger partial charge in [-0.1, -0.05) is 20.3 Å². The number of likely N-dealkylation sites (tertiary alicyclic amines) is 1. The molecule has 0 radical (unpaired) electrons. The van der Waals surface area contributed by atoms with Crippen LogP contribution in [0.1, 0.15) is 53.2 Å². The number of thiophene rings is 1. The maximum absolute atomic E-state index is 12.6. The van der Waals surface area contributed by atoms with Crippen molar-refractivity contribution in [3.8, 4) is 0 Å². The molecule has 0 spiro atoms. The van der Waals surface area contributed by atoms with Gasteiger partial charge in [0, 0.05) is 24.6 Å². The summed E-state index contributed by atoms with van der Waals surface area (Å²) in [4.78, 5) is 16.8. The first kappa shape index (κ1) is 15.5. The molecule has 1 amide bonds. The molecular formula is C16H25NO2S. The smallest absolute Gasteiger partial charge is 0.263 e. The van der Waals surface area contributed by atoms with Crippen molar-refractivity contribution in [1.82, 2.24) is 4.90 Å². The van der Waals surface area contributed by atoms with Crippen LogP contribution in [0.15, 0.2) is 6.07 Å². The van der Waals surface area contributed by atoms with Crippen molar-refractivity contribution < 1.29 is 9.90 Å². The standard InChI is InChI=1S/C16H25NO2S/c1-3-6-14-13(4-2)9-15(20-14)16(19)17-8-5-7-12(10-17)11-18/h9,12,18H,3-8,10-11H2,1-2H3. The third-order valence-electron chi connectivity index (χ3n) is 4.03. The van der Waals surface area contributed by atoms with Crippen LogP contribution in [0.5, 0.6) is 0 Å². The van der Waals surface area contributed by atoms with Crippen LogP contribution < -0.4 is 0 Å². The van der Waals surface area contributed by atoms with Gasteiger partial charge in [0.05, 0.1) is 4.88 Å². The van der Waals surface area contributed by atoms with E-state index in [1.165, 1.54) is 10.4 Å². The minimum Gasteiger partial charge on any atom is -0.396 e. The van der Waals surface area contributed by atoms with Gasteiger partial charge in [-0.15, -0.1) is 11.3 Å². The van der Waals surface area contributed by atoms with E-state index >= 15 is 0 Å². The summed E-state index contributed by atoms with van der Waals surface area (Å²) in [6.07, 6.45) is 5.23. The first-order valence-corrected chi connectivity index (χ1v) is 8.52. The Morgan fingerprint density at radius 1 is 1.50 bits per heavy atom. The van der Waals surface area contributed by atoms with E-state index in [-0.39, 0.29) is 18.4 Å². The minimum atomic E-state index is 0.158. The second kappa shape index (κ2) is 7.23. The molecule has 112 valence electrons. The Morgan fingerprint density at radius 3 is 2.95 bits per heavy atom. The summed E-state index contributed by atoms with van der Waals surface area (Å²) in [5.74, 6) is 0.415. The molecule has 1 aromatic heterocycles. The Bertz CT molecular complexity index is 455. The molecule has 1 aromatic rings. The van der Waals surface area contributed by atoms with Gasteiger partial charge in [-0.3, -0.25) is 4.79 Å². The zero-order valence-corrected chi connectivity index (χ0v) is 13.3. The predicted molar refractivity (Wildman–Crippen MR) is 83.4 cm³/mol. The number of hydrogen-bond acceptors (Lipinski definition) is 3. The highest BCUT2D eigenvalue weighted by Crippen LogP contribution is 2.27. The summed E-state index contributed by atoms with van der Waals surface area (Å²) in [6, 6.07) is 2.08. The molecule has 1 saturated heterocycles. The molecule has 0 aliphatic carbocycles. The van der Waals surface area contributed by atoms with Crippen LogP contribution in [-0.4, -0.2) is 35.6 Å². The average Bonchev–Trinajstić information content (AvgIpc) is 2.90. The third kappa shape index (κ3) is 3.41. The molecule has 2 heterocycles. The number of aliphatic hydroxyl groups excluding tert-OH is 1.